The fraction of sp³-hybridized carbons (Fsp3) is 0.400. The Labute approximate surface area is 99.5 Å². The number of rotatable bonds is 1. The summed E-state index contributed by atoms with van der Waals surface area (Å²) in [4.78, 5) is 0. The number of phenols is 1. The third-order valence-corrected chi connectivity index (χ3v) is 3.06. The fourth-order valence-electron chi connectivity index (χ4n) is 1.67. The number of nitrogens with one attached hydrogen (secondary N) is 1. The van der Waals surface area contributed by atoms with E-state index in [-0.39, 0.29) is 22.4 Å². The maximum absolute atomic E-state index is 13.6. The minimum absolute atomic E-state index is 0.0911. The summed E-state index contributed by atoms with van der Waals surface area (Å²) in [5.74, 6) is -2.32. The van der Waals surface area contributed by atoms with Crippen LogP contribution in [0.3, 0.4) is 0 Å². The molecule has 3 nitrogen and oxygen atoms in total. The Kier molecular flexibility index (Phi) is 3.41. The first kappa shape index (κ1) is 11.8. The molecule has 2 rings (SSSR count). The normalized spacial score (nSPS) is 21.1. The molecule has 6 heteroatoms. The van der Waals surface area contributed by atoms with Gasteiger partial charge in [-0.3, -0.25) is 0 Å². The average molecular weight is 294 g/mol. The largest absolute Gasteiger partial charge is 0.506 e. The highest BCUT2D eigenvalue weighted by Gasteiger charge is 2.26. The molecule has 0 saturated carbocycles. The van der Waals surface area contributed by atoms with Gasteiger partial charge < -0.3 is 15.2 Å². The van der Waals surface area contributed by atoms with Crippen molar-refractivity contribution in [2.75, 3.05) is 19.8 Å². The molecule has 1 heterocycles. The van der Waals surface area contributed by atoms with Crippen molar-refractivity contribution in [3.05, 3.63) is 27.7 Å². The standard InChI is InChI=1S/C10H10BrF2NO2/c11-5-3-6(12)9(13)8(10(5)15)7-4-16-2-1-14-7/h3,7,14-15H,1-2,4H2/t7-/m1/s1. The molecule has 0 unspecified atom stereocenters. The van der Waals surface area contributed by atoms with Gasteiger partial charge in [-0.2, -0.15) is 0 Å². The lowest BCUT2D eigenvalue weighted by Crippen LogP contribution is -2.35. The van der Waals surface area contributed by atoms with E-state index in [0.717, 1.165) is 6.07 Å². The molecule has 0 spiro atoms. The minimum Gasteiger partial charge on any atom is -0.506 e. The number of halogens is 3. The maximum atomic E-state index is 13.6. The Morgan fingerprint density at radius 2 is 2.25 bits per heavy atom. The van der Waals surface area contributed by atoms with Crippen LogP contribution in [0.15, 0.2) is 10.5 Å². The van der Waals surface area contributed by atoms with Crippen molar-refractivity contribution < 1.29 is 18.6 Å². The molecule has 1 saturated heterocycles. The van der Waals surface area contributed by atoms with Crippen molar-refractivity contribution in [3.8, 4) is 5.75 Å². The van der Waals surface area contributed by atoms with Crippen LogP contribution in [0.2, 0.25) is 0 Å². The minimum atomic E-state index is -1.04. The highest BCUT2D eigenvalue weighted by Crippen LogP contribution is 2.36. The van der Waals surface area contributed by atoms with Gasteiger partial charge in [-0.15, -0.1) is 0 Å². The Morgan fingerprint density at radius 1 is 1.50 bits per heavy atom. The number of benzene rings is 1. The summed E-state index contributed by atoms with van der Waals surface area (Å²) in [7, 11) is 0. The number of hydrogen-bond donors (Lipinski definition) is 2. The summed E-state index contributed by atoms with van der Waals surface area (Å²) in [5.41, 5.74) is -0.0911. The predicted octanol–water partition coefficient (Wildman–Crippen LogP) is 2.09. The Balaban J connectivity index is 2.45. The van der Waals surface area contributed by atoms with Gasteiger partial charge in [0.05, 0.1) is 29.3 Å². The van der Waals surface area contributed by atoms with Crippen molar-refractivity contribution >= 4 is 15.9 Å². The molecule has 0 aromatic heterocycles. The summed E-state index contributed by atoms with van der Waals surface area (Å²) < 4.78 is 32.0. The van der Waals surface area contributed by atoms with Gasteiger partial charge in [0.25, 0.3) is 0 Å². The average Bonchev–Trinajstić information content (AvgIpc) is 2.28. The van der Waals surface area contributed by atoms with Crippen molar-refractivity contribution in [1.82, 2.24) is 5.32 Å². The lowest BCUT2D eigenvalue weighted by Gasteiger charge is -2.25. The summed E-state index contributed by atoms with van der Waals surface area (Å²) in [5, 5.41) is 12.7. The summed E-state index contributed by atoms with van der Waals surface area (Å²) in [6.07, 6.45) is 0. The molecular formula is C10H10BrF2NO2. The zero-order valence-corrected chi connectivity index (χ0v) is 9.85. The second-order valence-electron chi connectivity index (χ2n) is 3.50. The van der Waals surface area contributed by atoms with Crippen molar-refractivity contribution in [2.24, 2.45) is 0 Å². The molecule has 16 heavy (non-hydrogen) atoms. The van der Waals surface area contributed by atoms with E-state index in [4.69, 9.17) is 4.74 Å². The molecule has 1 aromatic carbocycles. The van der Waals surface area contributed by atoms with Crippen molar-refractivity contribution in [2.45, 2.75) is 6.04 Å². The van der Waals surface area contributed by atoms with Crippen LogP contribution in [0, 0.1) is 11.6 Å². The van der Waals surface area contributed by atoms with Gasteiger partial charge >= 0.3 is 0 Å². The van der Waals surface area contributed by atoms with E-state index in [9.17, 15) is 13.9 Å². The maximum Gasteiger partial charge on any atom is 0.167 e. The molecule has 1 fully saturated rings. The van der Waals surface area contributed by atoms with Gasteiger partial charge in [-0.05, 0) is 22.0 Å². The molecule has 1 aromatic rings. The van der Waals surface area contributed by atoms with Crippen LogP contribution in [0.5, 0.6) is 5.75 Å². The Hall–Kier alpha value is -0.720. The molecule has 1 aliphatic heterocycles. The molecule has 0 bridgehead atoms. The second kappa shape index (κ2) is 4.65. The smallest absolute Gasteiger partial charge is 0.167 e. The predicted molar refractivity (Wildman–Crippen MR) is 57.3 cm³/mol. The van der Waals surface area contributed by atoms with Gasteiger partial charge in [0.15, 0.2) is 11.6 Å². The van der Waals surface area contributed by atoms with Crippen LogP contribution in [0.4, 0.5) is 8.78 Å². The number of phenolic OH excluding ortho intramolecular Hbond substituents is 1. The lowest BCUT2D eigenvalue weighted by molar-refractivity contribution is 0.0746. The van der Waals surface area contributed by atoms with E-state index in [1.165, 1.54) is 0 Å². The molecule has 88 valence electrons. The van der Waals surface area contributed by atoms with Gasteiger partial charge in [0.1, 0.15) is 5.75 Å². The van der Waals surface area contributed by atoms with Crippen LogP contribution in [0.25, 0.3) is 0 Å². The second-order valence-corrected chi connectivity index (χ2v) is 4.35. The van der Waals surface area contributed by atoms with Gasteiger partial charge in [-0.1, -0.05) is 0 Å². The first-order chi connectivity index (χ1) is 7.61. The molecule has 1 atom stereocenters. The van der Waals surface area contributed by atoms with Gasteiger partial charge in [0, 0.05) is 6.54 Å². The van der Waals surface area contributed by atoms with E-state index in [1.807, 2.05) is 0 Å². The van der Waals surface area contributed by atoms with Gasteiger partial charge in [0.2, 0.25) is 0 Å². The third kappa shape index (κ3) is 2.05. The van der Waals surface area contributed by atoms with E-state index >= 15 is 0 Å². The quantitative estimate of drug-likeness (QED) is 0.779. The van der Waals surface area contributed by atoms with E-state index in [0.29, 0.717) is 13.2 Å². The van der Waals surface area contributed by atoms with Gasteiger partial charge in [-0.25, -0.2) is 8.78 Å². The number of aromatic hydroxyl groups is 1. The zero-order chi connectivity index (χ0) is 11.7. The summed E-state index contributed by atoms with van der Waals surface area (Å²) >= 11 is 2.97. The Bertz CT molecular complexity index is 382. The van der Waals surface area contributed by atoms with Crippen molar-refractivity contribution in [3.63, 3.8) is 0 Å². The third-order valence-electron chi connectivity index (χ3n) is 2.45. The summed E-state index contributed by atoms with van der Waals surface area (Å²) in [6.45, 7) is 1.27. The molecular weight excluding hydrogens is 284 g/mol. The highest BCUT2D eigenvalue weighted by molar-refractivity contribution is 9.10. The molecule has 0 radical (unpaired) electrons. The van der Waals surface area contributed by atoms with Crippen LogP contribution >= 0.6 is 15.9 Å². The highest BCUT2D eigenvalue weighted by atomic mass is 79.9. The molecule has 1 aliphatic rings. The van der Waals surface area contributed by atoms with E-state index < -0.39 is 17.7 Å². The van der Waals surface area contributed by atoms with Crippen LogP contribution in [0.1, 0.15) is 11.6 Å². The monoisotopic (exact) mass is 293 g/mol. The van der Waals surface area contributed by atoms with E-state index in [2.05, 4.69) is 21.2 Å². The lowest BCUT2D eigenvalue weighted by atomic mass is 10.0. The summed E-state index contributed by atoms with van der Waals surface area (Å²) in [6, 6.07) is 0.374. The first-order valence-electron chi connectivity index (χ1n) is 4.78. The van der Waals surface area contributed by atoms with Crippen LogP contribution < -0.4 is 5.32 Å². The molecule has 0 amide bonds. The van der Waals surface area contributed by atoms with Crippen LogP contribution in [-0.2, 0) is 4.74 Å². The first-order valence-corrected chi connectivity index (χ1v) is 5.58. The SMILES string of the molecule is Oc1c(Br)cc(F)c(F)c1[C@H]1COCCN1. The van der Waals surface area contributed by atoms with Crippen molar-refractivity contribution in [1.29, 1.82) is 0 Å². The topological polar surface area (TPSA) is 41.5 Å². The number of ether oxygens (including phenoxy) is 1. The Morgan fingerprint density at radius 3 is 2.88 bits per heavy atom. The zero-order valence-electron chi connectivity index (χ0n) is 8.27. The molecule has 0 aliphatic carbocycles. The number of hydrogen-bond acceptors (Lipinski definition) is 3. The van der Waals surface area contributed by atoms with Crippen LogP contribution in [-0.4, -0.2) is 24.9 Å². The van der Waals surface area contributed by atoms with E-state index in [1.54, 1.807) is 0 Å². The fourth-order valence-corrected chi connectivity index (χ4v) is 2.09. The molecule has 2 N–H and O–H groups in total. The number of morpholine rings is 1.